The highest BCUT2D eigenvalue weighted by atomic mass is 19.4. The van der Waals surface area contributed by atoms with E-state index in [1.807, 2.05) is 0 Å². The smallest absolute Gasteiger partial charge is 0.393 e. The molecule has 1 unspecified atom stereocenters. The molecular weight excluding hydrogens is 199 g/mol. The standard InChI is InChI=1S/C6H9F5O2/c1-4(13,3-12)2-5(7,8)6(9,10)11/h12-13H,2-3H2,1H3. The Bertz CT molecular complexity index is 174. The Hall–Kier alpha value is -0.430. The summed E-state index contributed by atoms with van der Waals surface area (Å²) in [4.78, 5) is 0. The average molecular weight is 208 g/mol. The zero-order chi connectivity index (χ0) is 10.9. The molecule has 1 atom stereocenters. The van der Waals surface area contributed by atoms with Crippen molar-refractivity contribution in [2.75, 3.05) is 6.61 Å². The number of aliphatic hydroxyl groups is 2. The van der Waals surface area contributed by atoms with E-state index in [4.69, 9.17) is 10.2 Å². The Labute approximate surface area is 71.0 Å². The van der Waals surface area contributed by atoms with E-state index < -0.39 is 30.7 Å². The highest BCUT2D eigenvalue weighted by Crippen LogP contribution is 2.40. The third kappa shape index (κ3) is 3.43. The molecule has 80 valence electrons. The lowest BCUT2D eigenvalue weighted by Gasteiger charge is -2.27. The van der Waals surface area contributed by atoms with E-state index in [0.717, 1.165) is 0 Å². The number of alkyl halides is 5. The SMILES string of the molecule is CC(O)(CO)CC(F)(F)C(F)(F)F. The molecule has 0 fully saturated rings. The van der Waals surface area contributed by atoms with E-state index in [-0.39, 0.29) is 0 Å². The predicted octanol–water partition coefficient (Wildman–Crippen LogP) is 1.32. The van der Waals surface area contributed by atoms with Gasteiger partial charge in [0.2, 0.25) is 0 Å². The molecule has 7 heteroatoms. The second-order valence-electron chi connectivity index (χ2n) is 3.03. The van der Waals surface area contributed by atoms with Gasteiger partial charge in [0.25, 0.3) is 0 Å². The van der Waals surface area contributed by atoms with Gasteiger partial charge in [0.1, 0.15) is 0 Å². The maximum Gasteiger partial charge on any atom is 0.453 e. The van der Waals surface area contributed by atoms with Crippen LogP contribution in [0.1, 0.15) is 13.3 Å². The molecule has 0 saturated carbocycles. The fourth-order valence-corrected chi connectivity index (χ4v) is 0.634. The van der Waals surface area contributed by atoms with Crippen LogP contribution in [0, 0.1) is 0 Å². The first-order valence-electron chi connectivity index (χ1n) is 3.30. The van der Waals surface area contributed by atoms with Gasteiger partial charge in [-0.05, 0) is 6.92 Å². The van der Waals surface area contributed by atoms with Crippen LogP contribution < -0.4 is 0 Å². The van der Waals surface area contributed by atoms with Crippen molar-refractivity contribution in [1.29, 1.82) is 0 Å². The summed E-state index contributed by atoms with van der Waals surface area (Å²) in [6.07, 6.45) is -7.55. The number of aliphatic hydroxyl groups excluding tert-OH is 1. The highest BCUT2D eigenvalue weighted by molar-refractivity contribution is 4.85. The molecule has 2 nitrogen and oxygen atoms in total. The molecule has 0 bridgehead atoms. The minimum Gasteiger partial charge on any atom is -0.393 e. The van der Waals surface area contributed by atoms with Gasteiger partial charge in [-0.25, -0.2) is 0 Å². The Balaban J connectivity index is 4.52. The summed E-state index contributed by atoms with van der Waals surface area (Å²) in [5.74, 6) is -4.99. The Morgan fingerprint density at radius 2 is 1.46 bits per heavy atom. The second kappa shape index (κ2) is 3.38. The minimum atomic E-state index is -5.70. The van der Waals surface area contributed by atoms with Crippen molar-refractivity contribution in [2.24, 2.45) is 0 Å². The topological polar surface area (TPSA) is 40.5 Å². The van der Waals surface area contributed by atoms with Crippen LogP contribution in [0.5, 0.6) is 0 Å². The summed E-state index contributed by atoms with van der Waals surface area (Å²) in [5.41, 5.74) is -2.43. The maximum absolute atomic E-state index is 12.2. The minimum absolute atomic E-state index is 0.701. The molecule has 0 rings (SSSR count). The van der Waals surface area contributed by atoms with Gasteiger partial charge < -0.3 is 10.2 Å². The summed E-state index contributed by atoms with van der Waals surface area (Å²) in [6.45, 7) is -0.453. The third-order valence-corrected chi connectivity index (χ3v) is 1.36. The van der Waals surface area contributed by atoms with Crippen molar-refractivity contribution in [3.8, 4) is 0 Å². The van der Waals surface area contributed by atoms with Crippen molar-refractivity contribution in [1.82, 2.24) is 0 Å². The molecule has 0 heterocycles. The molecule has 0 radical (unpaired) electrons. The molecule has 0 amide bonds. The van der Waals surface area contributed by atoms with Gasteiger partial charge in [-0.15, -0.1) is 0 Å². The Morgan fingerprint density at radius 3 is 1.69 bits per heavy atom. The first-order valence-corrected chi connectivity index (χ1v) is 3.30. The fraction of sp³-hybridized carbons (Fsp3) is 1.00. The van der Waals surface area contributed by atoms with E-state index >= 15 is 0 Å². The molecule has 0 aromatic carbocycles. The van der Waals surface area contributed by atoms with Crippen LogP contribution in [0.15, 0.2) is 0 Å². The summed E-state index contributed by atoms with van der Waals surface area (Å²) in [7, 11) is 0. The lowest BCUT2D eigenvalue weighted by atomic mass is 9.99. The van der Waals surface area contributed by atoms with Gasteiger partial charge >= 0.3 is 12.1 Å². The van der Waals surface area contributed by atoms with Crippen LogP contribution in [-0.2, 0) is 0 Å². The normalized spacial score (nSPS) is 18.5. The molecule has 13 heavy (non-hydrogen) atoms. The van der Waals surface area contributed by atoms with Crippen LogP contribution in [0.25, 0.3) is 0 Å². The predicted molar refractivity (Wildman–Crippen MR) is 33.3 cm³/mol. The van der Waals surface area contributed by atoms with Crippen molar-refractivity contribution >= 4 is 0 Å². The molecule has 0 aromatic rings. The highest BCUT2D eigenvalue weighted by Gasteiger charge is 2.59. The summed E-state index contributed by atoms with van der Waals surface area (Å²) in [6, 6.07) is 0. The molecule has 0 aromatic heterocycles. The molecule has 0 aliphatic heterocycles. The lowest BCUT2D eigenvalue weighted by Crippen LogP contribution is -2.45. The summed E-state index contributed by atoms with van der Waals surface area (Å²) in [5, 5.41) is 17.1. The van der Waals surface area contributed by atoms with Crippen LogP contribution in [0.4, 0.5) is 22.0 Å². The largest absolute Gasteiger partial charge is 0.453 e. The van der Waals surface area contributed by atoms with Crippen molar-refractivity contribution in [2.45, 2.75) is 31.0 Å². The molecule has 2 N–H and O–H groups in total. The Kier molecular flexibility index (Phi) is 3.26. The van der Waals surface area contributed by atoms with E-state index in [2.05, 4.69) is 0 Å². The quantitative estimate of drug-likeness (QED) is 0.686. The van der Waals surface area contributed by atoms with Crippen molar-refractivity contribution < 1.29 is 32.2 Å². The van der Waals surface area contributed by atoms with Crippen LogP contribution in [-0.4, -0.2) is 34.5 Å². The van der Waals surface area contributed by atoms with Crippen LogP contribution in [0.3, 0.4) is 0 Å². The lowest BCUT2D eigenvalue weighted by molar-refractivity contribution is -0.297. The van der Waals surface area contributed by atoms with Gasteiger partial charge in [-0.2, -0.15) is 22.0 Å². The van der Waals surface area contributed by atoms with Gasteiger partial charge in [-0.3, -0.25) is 0 Å². The van der Waals surface area contributed by atoms with E-state index in [1.54, 1.807) is 0 Å². The van der Waals surface area contributed by atoms with Crippen LogP contribution in [0.2, 0.25) is 0 Å². The molecule has 0 saturated heterocycles. The molecule has 0 aliphatic rings. The number of hydrogen-bond donors (Lipinski definition) is 2. The van der Waals surface area contributed by atoms with E-state index in [1.165, 1.54) is 0 Å². The third-order valence-electron chi connectivity index (χ3n) is 1.36. The molecule has 0 aliphatic carbocycles. The van der Waals surface area contributed by atoms with Crippen molar-refractivity contribution in [3.05, 3.63) is 0 Å². The number of rotatable bonds is 3. The van der Waals surface area contributed by atoms with Gasteiger partial charge in [0.05, 0.1) is 18.6 Å². The summed E-state index contributed by atoms with van der Waals surface area (Å²) >= 11 is 0. The molecule has 0 spiro atoms. The average Bonchev–Trinajstić information content (AvgIpc) is 1.83. The van der Waals surface area contributed by atoms with Crippen LogP contribution >= 0.6 is 0 Å². The zero-order valence-corrected chi connectivity index (χ0v) is 6.70. The number of halogens is 5. The maximum atomic E-state index is 12.2. The Morgan fingerprint density at radius 1 is 1.08 bits per heavy atom. The van der Waals surface area contributed by atoms with Gasteiger partial charge in [-0.1, -0.05) is 0 Å². The van der Waals surface area contributed by atoms with Crippen molar-refractivity contribution in [3.63, 3.8) is 0 Å². The zero-order valence-electron chi connectivity index (χ0n) is 6.70. The van der Waals surface area contributed by atoms with E-state index in [0.29, 0.717) is 6.92 Å². The first-order chi connectivity index (χ1) is 5.52. The number of hydrogen-bond acceptors (Lipinski definition) is 2. The molecular formula is C6H9F5O2. The van der Waals surface area contributed by atoms with E-state index in [9.17, 15) is 22.0 Å². The monoisotopic (exact) mass is 208 g/mol. The second-order valence-corrected chi connectivity index (χ2v) is 3.03. The fourth-order valence-electron chi connectivity index (χ4n) is 0.634. The summed E-state index contributed by atoms with van der Waals surface area (Å²) < 4.78 is 59.1. The first kappa shape index (κ1) is 12.6. The van der Waals surface area contributed by atoms with Gasteiger partial charge in [0.15, 0.2) is 0 Å². The van der Waals surface area contributed by atoms with Gasteiger partial charge in [0, 0.05) is 0 Å².